The van der Waals surface area contributed by atoms with Gasteiger partial charge >= 0.3 is 0 Å². The molecule has 5 heteroatoms. The van der Waals surface area contributed by atoms with E-state index in [0.29, 0.717) is 18.4 Å². The van der Waals surface area contributed by atoms with E-state index in [1.54, 1.807) is 0 Å². The number of fused-ring (bicyclic) bond motifs is 1. The first-order valence-electron chi connectivity index (χ1n) is 9.59. The highest BCUT2D eigenvalue weighted by Crippen LogP contribution is 2.17. The number of aliphatic hydroxyl groups excluding tert-OH is 1. The molecule has 5 nitrogen and oxygen atoms in total. The summed E-state index contributed by atoms with van der Waals surface area (Å²) in [5.41, 5.74) is 2.13. The zero-order valence-electron chi connectivity index (χ0n) is 16.2. The molecule has 142 valence electrons. The highest BCUT2D eigenvalue weighted by Gasteiger charge is 2.11. The van der Waals surface area contributed by atoms with Gasteiger partial charge in [-0.05, 0) is 43.2 Å². The summed E-state index contributed by atoms with van der Waals surface area (Å²) in [5, 5.41) is 17.2. The van der Waals surface area contributed by atoms with E-state index in [1.165, 1.54) is 0 Å². The highest BCUT2D eigenvalue weighted by atomic mass is 16.3. The van der Waals surface area contributed by atoms with Crippen molar-refractivity contribution < 1.29 is 5.11 Å². The summed E-state index contributed by atoms with van der Waals surface area (Å²) in [5.74, 6) is 1.88. The van der Waals surface area contributed by atoms with Crippen LogP contribution in [0.4, 0.5) is 0 Å². The van der Waals surface area contributed by atoms with Gasteiger partial charge in [0.1, 0.15) is 0 Å². The summed E-state index contributed by atoms with van der Waals surface area (Å²) in [6.45, 7) is 8.95. The number of pyridine rings is 1. The van der Waals surface area contributed by atoms with Gasteiger partial charge in [-0.15, -0.1) is 0 Å². The van der Waals surface area contributed by atoms with E-state index >= 15 is 0 Å². The molecule has 26 heavy (non-hydrogen) atoms. The molecule has 0 fully saturated rings. The second kappa shape index (κ2) is 10.8. The molecule has 1 unspecified atom stereocenters. The lowest BCUT2D eigenvalue weighted by atomic mass is 9.94. The summed E-state index contributed by atoms with van der Waals surface area (Å²) < 4.78 is 0. The Bertz CT molecular complexity index is 694. The Labute approximate surface area is 157 Å². The van der Waals surface area contributed by atoms with E-state index in [1.807, 2.05) is 12.3 Å². The zero-order chi connectivity index (χ0) is 18.8. The fraction of sp³-hybridized carbons (Fsp3) is 0.524. The number of hydrogen-bond acceptors (Lipinski definition) is 3. The van der Waals surface area contributed by atoms with Crippen molar-refractivity contribution in [3.05, 3.63) is 42.1 Å². The van der Waals surface area contributed by atoms with Crippen molar-refractivity contribution in [2.45, 2.75) is 40.2 Å². The standard InChI is InChI=1S/C21H32N4O/c1-4-22-21(24-14-17(10-12-26)13-16(2)3)25-15-19-8-5-7-18-9-6-11-23-20(18)19/h5-9,11,16-17,26H,4,10,12-15H2,1-3H3,(H2,22,24,25). The number of guanidine groups is 1. The number of para-hydroxylation sites is 1. The molecule has 0 aliphatic heterocycles. The van der Waals surface area contributed by atoms with Crippen LogP contribution in [0.5, 0.6) is 0 Å². The molecule has 0 aliphatic rings. The minimum Gasteiger partial charge on any atom is -0.396 e. The summed E-state index contributed by atoms with van der Waals surface area (Å²) in [7, 11) is 0. The van der Waals surface area contributed by atoms with Gasteiger partial charge in [0.05, 0.1) is 12.1 Å². The quantitative estimate of drug-likeness (QED) is 0.476. The molecular weight excluding hydrogens is 324 g/mol. The van der Waals surface area contributed by atoms with Gasteiger partial charge in [-0.2, -0.15) is 0 Å². The van der Waals surface area contributed by atoms with E-state index in [0.717, 1.165) is 48.4 Å². The van der Waals surface area contributed by atoms with Crippen molar-refractivity contribution in [2.75, 3.05) is 19.7 Å². The fourth-order valence-corrected chi connectivity index (χ4v) is 3.19. The molecular formula is C21H32N4O. The van der Waals surface area contributed by atoms with Crippen LogP contribution in [-0.2, 0) is 6.54 Å². The minimum atomic E-state index is 0.231. The maximum Gasteiger partial charge on any atom is 0.191 e. The number of aliphatic imine (C=N–C) groups is 1. The van der Waals surface area contributed by atoms with Crippen LogP contribution in [0.25, 0.3) is 10.9 Å². The monoisotopic (exact) mass is 356 g/mol. The number of rotatable bonds is 9. The molecule has 0 saturated carbocycles. The van der Waals surface area contributed by atoms with Crippen LogP contribution in [0.3, 0.4) is 0 Å². The Balaban J connectivity index is 2.05. The molecule has 0 radical (unpaired) electrons. The maximum absolute atomic E-state index is 9.29. The maximum atomic E-state index is 9.29. The van der Waals surface area contributed by atoms with Crippen molar-refractivity contribution in [3.63, 3.8) is 0 Å². The molecule has 0 saturated heterocycles. The molecule has 3 N–H and O–H groups in total. The number of nitrogens with zero attached hydrogens (tertiary/aromatic N) is 2. The van der Waals surface area contributed by atoms with Gasteiger partial charge in [0.15, 0.2) is 5.96 Å². The molecule has 1 atom stereocenters. The van der Waals surface area contributed by atoms with E-state index < -0.39 is 0 Å². The van der Waals surface area contributed by atoms with Gasteiger partial charge in [0, 0.05) is 31.3 Å². The molecule has 0 aliphatic carbocycles. The largest absolute Gasteiger partial charge is 0.396 e. The Morgan fingerprint density at radius 2 is 2.00 bits per heavy atom. The first-order valence-corrected chi connectivity index (χ1v) is 9.59. The summed E-state index contributed by atoms with van der Waals surface area (Å²) in [4.78, 5) is 9.24. The van der Waals surface area contributed by atoms with Crippen LogP contribution in [0.1, 0.15) is 39.2 Å². The first kappa shape index (κ1) is 20.2. The van der Waals surface area contributed by atoms with Gasteiger partial charge in [-0.25, -0.2) is 4.99 Å². The molecule has 2 aromatic rings. The van der Waals surface area contributed by atoms with Crippen molar-refractivity contribution in [3.8, 4) is 0 Å². The highest BCUT2D eigenvalue weighted by molar-refractivity contribution is 5.83. The minimum absolute atomic E-state index is 0.231. The molecule has 1 heterocycles. The lowest BCUT2D eigenvalue weighted by Crippen LogP contribution is -2.40. The number of hydrogen-bond donors (Lipinski definition) is 3. The Hall–Kier alpha value is -2.14. The van der Waals surface area contributed by atoms with E-state index in [-0.39, 0.29) is 6.61 Å². The number of nitrogens with one attached hydrogen (secondary N) is 2. The average Bonchev–Trinajstić information content (AvgIpc) is 2.63. The SMILES string of the molecule is CCNC(=NCc1cccc2cccnc12)NCC(CCO)CC(C)C. The van der Waals surface area contributed by atoms with Crippen LogP contribution in [0.2, 0.25) is 0 Å². The van der Waals surface area contributed by atoms with Gasteiger partial charge in [-0.3, -0.25) is 4.98 Å². The van der Waals surface area contributed by atoms with Gasteiger partial charge in [0.25, 0.3) is 0 Å². The Kier molecular flexibility index (Phi) is 8.35. The summed E-state index contributed by atoms with van der Waals surface area (Å²) in [6, 6.07) is 10.2. The molecule has 0 amide bonds. The van der Waals surface area contributed by atoms with Crippen LogP contribution in [0, 0.1) is 11.8 Å². The van der Waals surface area contributed by atoms with Crippen molar-refractivity contribution in [1.29, 1.82) is 0 Å². The zero-order valence-corrected chi connectivity index (χ0v) is 16.2. The van der Waals surface area contributed by atoms with Crippen LogP contribution in [-0.4, -0.2) is 35.7 Å². The third kappa shape index (κ3) is 6.30. The number of aliphatic hydroxyl groups is 1. The average molecular weight is 357 g/mol. The predicted molar refractivity (Wildman–Crippen MR) is 109 cm³/mol. The molecule has 1 aromatic heterocycles. The van der Waals surface area contributed by atoms with Crippen LogP contribution in [0.15, 0.2) is 41.5 Å². The van der Waals surface area contributed by atoms with Crippen molar-refractivity contribution >= 4 is 16.9 Å². The van der Waals surface area contributed by atoms with Crippen LogP contribution >= 0.6 is 0 Å². The summed E-state index contributed by atoms with van der Waals surface area (Å²) >= 11 is 0. The van der Waals surface area contributed by atoms with Crippen molar-refractivity contribution in [1.82, 2.24) is 15.6 Å². The number of benzene rings is 1. The molecule has 2 rings (SSSR count). The van der Waals surface area contributed by atoms with Crippen LogP contribution < -0.4 is 10.6 Å². The Morgan fingerprint density at radius 3 is 2.73 bits per heavy atom. The van der Waals surface area contributed by atoms with Gasteiger partial charge in [0.2, 0.25) is 0 Å². The first-order chi connectivity index (χ1) is 12.6. The van der Waals surface area contributed by atoms with E-state index in [2.05, 4.69) is 60.7 Å². The number of aromatic nitrogens is 1. The third-order valence-corrected chi connectivity index (χ3v) is 4.37. The van der Waals surface area contributed by atoms with E-state index in [9.17, 15) is 5.11 Å². The predicted octanol–water partition coefficient (Wildman–Crippen LogP) is 3.33. The van der Waals surface area contributed by atoms with E-state index in [4.69, 9.17) is 4.99 Å². The van der Waals surface area contributed by atoms with Gasteiger partial charge < -0.3 is 15.7 Å². The second-order valence-electron chi connectivity index (χ2n) is 7.08. The lowest BCUT2D eigenvalue weighted by Gasteiger charge is -2.20. The summed E-state index contributed by atoms with van der Waals surface area (Å²) in [6.07, 6.45) is 3.74. The Morgan fingerprint density at radius 1 is 1.19 bits per heavy atom. The molecule has 1 aromatic carbocycles. The van der Waals surface area contributed by atoms with Gasteiger partial charge in [-0.1, -0.05) is 38.1 Å². The fourth-order valence-electron chi connectivity index (χ4n) is 3.19. The molecule has 0 bridgehead atoms. The smallest absolute Gasteiger partial charge is 0.191 e. The lowest BCUT2D eigenvalue weighted by molar-refractivity contribution is 0.243. The molecule has 0 spiro atoms. The second-order valence-corrected chi connectivity index (χ2v) is 7.08. The topological polar surface area (TPSA) is 69.5 Å². The normalized spacial score (nSPS) is 13.2. The third-order valence-electron chi connectivity index (χ3n) is 4.37. The van der Waals surface area contributed by atoms with Crippen molar-refractivity contribution in [2.24, 2.45) is 16.8 Å².